The van der Waals surface area contributed by atoms with Gasteiger partial charge >= 0.3 is 0 Å². The second kappa shape index (κ2) is 6.36. The van der Waals surface area contributed by atoms with Crippen LogP contribution in [-0.2, 0) is 16.6 Å². The van der Waals surface area contributed by atoms with Crippen molar-refractivity contribution in [2.45, 2.75) is 18.4 Å². The van der Waals surface area contributed by atoms with E-state index in [1.165, 1.54) is 0 Å². The minimum atomic E-state index is -3.53. The van der Waals surface area contributed by atoms with E-state index in [0.29, 0.717) is 0 Å². The molecule has 0 bridgehead atoms. The molecule has 0 aliphatic carbocycles. The monoisotopic (exact) mass is 327 g/mol. The third kappa shape index (κ3) is 3.33. The van der Waals surface area contributed by atoms with Gasteiger partial charge in [-0.05, 0) is 30.7 Å². The minimum absolute atomic E-state index is 0.213. The van der Waals surface area contributed by atoms with E-state index in [2.05, 4.69) is 9.71 Å². The Balaban J connectivity index is 1.86. The second-order valence-electron chi connectivity index (χ2n) is 5.11. The summed E-state index contributed by atoms with van der Waals surface area (Å²) < 4.78 is 29.3. The summed E-state index contributed by atoms with van der Waals surface area (Å²) in [6, 6.07) is 16.0. The summed E-state index contributed by atoms with van der Waals surface area (Å²) in [6.07, 6.45) is 3.58. The summed E-state index contributed by atoms with van der Waals surface area (Å²) in [6.45, 7) is 2.12. The van der Waals surface area contributed by atoms with Crippen molar-refractivity contribution in [1.82, 2.24) is 14.3 Å². The number of nitrogens with one attached hydrogen (secondary N) is 1. The molecule has 0 radical (unpaired) electrons. The van der Waals surface area contributed by atoms with Crippen molar-refractivity contribution < 1.29 is 8.42 Å². The number of benzene rings is 2. The van der Waals surface area contributed by atoms with E-state index in [9.17, 15) is 8.42 Å². The molecular formula is C17H17N3O2S. The molecule has 23 heavy (non-hydrogen) atoms. The Bertz CT molecular complexity index is 902. The van der Waals surface area contributed by atoms with Crippen LogP contribution in [0.4, 0.5) is 0 Å². The quantitative estimate of drug-likeness (QED) is 0.783. The van der Waals surface area contributed by atoms with Crippen molar-refractivity contribution in [2.75, 3.05) is 0 Å². The Hall–Kier alpha value is -2.44. The zero-order chi connectivity index (χ0) is 16.3. The standard InChI is InChI=1S/C17H17N3O2S/c1-14-18-11-12-20(14)17-10-6-5-7-15(17)13-19-23(21,22)16-8-3-2-4-9-16/h2-12,19H,13H2,1H3. The molecule has 1 heterocycles. The third-order valence-electron chi connectivity index (χ3n) is 3.58. The summed E-state index contributed by atoms with van der Waals surface area (Å²) >= 11 is 0. The first-order chi connectivity index (χ1) is 11.1. The Kier molecular flexibility index (Phi) is 4.27. The fourth-order valence-corrected chi connectivity index (χ4v) is 3.41. The van der Waals surface area contributed by atoms with Gasteiger partial charge in [-0.15, -0.1) is 0 Å². The molecular weight excluding hydrogens is 310 g/mol. The Morgan fingerprint density at radius 1 is 1.04 bits per heavy atom. The normalized spacial score (nSPS) is 11.5. The lowest BCUT2D eigenvalue weighted by Crippen LogP contribution is -2.23. The van der Waals surface area contributed by atoms with Crippen LogP contribution in [0.2, 0.25) is 0 Å². The van der Waals surface area contributed by atoms with Gasteiger partial charge < -0.3 is 4.57 Å². The van der Waals surface area contributed by atoms with Crippen molar-refractivity contribution in [1.29, 1.82) is 0 Å². The van der Waals surface area contributed by atoms with E-state index in [4.69, 9.17) is 0 Å². The van der Waals surface area contributed by atoms with Gasteiger partial charge in [-0.3, -0.25) is 0 Å². The van der Waals surface area contributed by atoms with Crippen molar-refractivity contribution in [3.05, 3.63) is 78.4 Å². The van der Waals surface area contributed by atoms with Crippen molar-refractivity contribution in [3.8, 4) is 5.69 Å². The molecule has 0 saturated carbocycles. The van der Waals surface area contributed by atoms with Gasteiger partial charge in [0.1, 0.15) is 5.82 Å². The summed E-state index contributed by atoms with van der Waals surface area (Å²) in [7, 11) is -3.53. The van der Waals surface area contributed by atoms with Crippen LogP contribution in [0.5, 0.6) is 0 Å². The lowest BCUT2D eigenvalue weighted by Gasteiger charge is -2.13. The number of rotatable bonds is 5. The van der Waals surface area contributed by atoms with E-state index in [-0.39, 0.29) is 11.4 Å². The summed E-state index contributed by atoms with van der Waals surface area (Å²) in [5, 5.41) is 0. The topological polar surface area (TPSA) is 64.0 Å². The molecule has 6 heteroatoms. The Morgan fingerprint density at radius 2 is 1.74 bits per heavy atom. The number of hydrogen-bond donors (Lipinski definition) is 1. The number of aryl methyl sites for hydroxylation is 1. The molecule has 1 aromatic heterocycles. The maximum atomic E-state index is 12.3. The first-order valence-corrected chi connectivity index (χ1v) is 8.69. The third-order valence-corrected chi connectivity index (χ3v) is 5.00. The number of nitrogens with zero attached hydrogens (tertiary/aromatic N) is 2. The summed E-state index contributed by atoms with van der Waals surface area (Å²) in [5.41, 5.74) is 1.80. The van der Waals surface area contributed by atoms with Crippen LogP contribution in [0.15, 0.2) is 71.9 Å². The van der Waals surface area contributed by atoms with Gasteiger partial charge in [0.15, 0.2) is 0 Å². The van der Waals surface area contributed by atoms with Gasteiger partial charge in [-0.1, -0.05) is 36.4 Å². The van der Waals surface area contributed by atoms with Gasteiger partial charge in [-0.25, -0.2) is 18.1 Å². The van der Waals surface area contributed by atoms with Crippen molar-refractivity contribution in [2.24, 2.45) is 0 Å². The van der Waals surface area contributed by atoms with Crippen molar-refractivity contribution in [3.63, 3.8) is 0 Å². The Morgan fingerprint density at radius 3 is 2.43 bits per heavy atom. The van der Waals surface area contributed by atoms with Crippen LogP contribution < -0.4 is 4.72 Å². The van der Waals surface area contributed by atoms with Gasteiger partial charge in [0, 0.05) is 18.9 Å². The number of aromatic nitrogens is 2. The van der Waals surface area contributed by atoms with Crippen molar-refractivity contribution >= 4 is 10.0 Å². The molecule has 0 aliphatic rings. The van der Waals surface area contributed by atoms with E-state index in [0.717, 1.165) is 17.1 Å². The van der Waals surface area contributed by atoms with Gasteiger partial charge in [0.05, 0.1) is 10.6 Å². The fraction of sp³-hybridized carbons (Fsp3) is 0.118. The molecule has 118 valence electrons. The minimum Gasteiger partial charge on any atom is -0.304 e. The molecule has 0 spiro atoms. The molecule has 5 nitrogen and oxygen atoms in total. The van der Waals surface area contributed by atoms with E-state index in [1.54, 1.807) is 36.5 Å². The molecule has 2 aromatic carbocycles. The van der Waals surface area contributed by atoms with Crippen LogP contribution in [0.3, 0.4) is 0 Å². The second-order valence-corrected chi connectivity index (χ2v) is 6.88. The smallest absolute Gasteiger partial charge is 0.240 e. The molecule has 0 atom stereocenters. The molecule has 0 aliphatic heterocycles. The van der Waals surface area contributed by atoms with Crippen LogP contribution in [0, 0.1) is 6.92 Å². The fourth-order valence-electron chi connectivity index (χ4n) is 2.38. The molecule has 3 aromatic rings. The highest BCUT2D eigenvalue weighted by atomic mass is 32.2. The highest BCUT2D eigenvalue weighted by molar-refractivity contribution is 7.89. The van der Waals surface area contributed by atoms with E-state index < -0.39 is 10.0 Å². The number of hydrogen-bond acceptors (Lipinski definition) is 3. The number of imidazole rings is 1. The first kappa shape index (κ1) is 15.5. The van der Waals surface area contributed by atoms with E-state index >= 15 is 0 Å². The average Bonchev–Trinajstić information content (AvgIpc) is 3.00. The largest absolute Gasteiger partial charge is 0.304 e. The lowest BCUT2D eigenvalue weighted by molar-refractivity contribution is 0.581. The first-order valence-electron chi connectivity index (χ1n) is 7.21. The van der Waals surface area contributed by atoms with Crippen LogP contribution in [0.1, 0.15) is 11.4 Å². The molecule has 3 rings (SSSR count). The molecule has 0 fully saturated rings. The van der Waals surface area contributed by atoms with Crippen LogP contribution >= 0.6 is 0 Å². The van der Waals surface area contributed by atoms with Gasteiger partial charge in [0.25, 0.3) is 0 Å². The predicted molar refractivity (Wildman–Crippen MR) is 88.8 cm³/mol. The lowest BCUT2D eigenvalue weighted by atomic mass is 10.2. The maximum Gasteiger partial charge on any atom is 0.240 e. The highest BCUT2D eigenvalue weighted by Crippen LogP contribution is 2.17. The van der Waals surface area contributed by atoms with Gasteiger partial charge in [-0.2, -0.15) is 0 Å². The zero-order valence-electron chi connectivity index (χ0n) is 12.7. The van der Waals surface area contributed by atoms with Crippen LogP contribution in [-0.4, -0.2) is 18.0 Å². The summed E-state index contributed by atoms with van der Waals surface area (Å²) in [5.74, 6) is 0.850. The SMILES string of the molecule is Cc1nccn1-c1ccccc1CNS(=O)(=O)c1ccccc1. The molecule has 0 unspecified atom stereocenters. The van der Waals surface area contributed by atoms with E-state index in [1.807, 2.05) is 42.0 Å². The summed E-state index contributed by atoms with van der Waals surface area (Å²) in [4.78, 5) is 4.48. The molecule has 0 amide bonds. The molecule has 0 saturated heterocycles. The van der Waals surface area contributed by atoms with Gasteiger partial charge in [0.2, 0.25) is 10.0 Å². The molecule has 1 N–H and O–H groups in total. The maximum absolute atomic E-state index is 12.3. The number of sulfonamides is 1. The van der Waals surface area contributed by atoms with Crippen LogP contribution in [0.25, 0.3) is 5.69 Å². The Labute approximate surface area is 135 Å². The average molecular weight is 327 g/mol. The number of para-hydroxylation sites is 1. The zero-order valence-corrected chi connectivity index (χ0v) is 13.5. The predicted octanol–water partition coefficient (Wildman–Crippen LogP) is 2.66. The highest BCUT2D eigenvalue weighted by Gasteiger charge is 2.14.